The van der Waals surface area contributed by atoms with Gasteiger partial charge in [-0.3, -0.25) is 0 Å². The predicted molar refractivity (Wildman–Crippen MR) is 162 cm³/mol. The summed E-state index contributed by atoms with van der Waals surface area (Å²) in [6, 6.07) is 16.6. The van der Waals surface area contributed by atoms with Crippen LogP contribution in [-0.2, 0) is 37.9 Å². The summed E-state index contributed by atoms with van der Waals surface area (Å²) in [5, 5.41) is 0. The van der Waals surface area contributed by atoms with Crippen LogP contribution in [0.25, 0.3) is 11.1 Å². The summed E-state index contributed by atoms with van der Waals surface area (Å²) in [6.45, 7) is 8.21. The van der Waals surface area contributed by atoms with Crippen LogP contribution in [0.3, 0.4) is 0 Å². The van der Waals surface area contributed by atoms with Crippen LogP contribution in [0.1, 0.15) is 17.0 Å². The highest BCUT2D eigenvalue weighted by atomic mass is 16.6. The molecule has 0 heterocycles. The molecule has 0 radical (unpaired) electrons. The first-order valence-electron chi connectivity index (χ1n) is 15.0. The average molecular weight is 605 g/mol. The molecule has 11 nitrogen and oxygen atoms in total. The number of benzene rings is 2. The third-order valence-corrected chi connectivity index (χ3v) is 6.71. The van der Waals surface area contributed by atoms with Crippen LogP contribution in [-0.4, -0.2) is 130 Å². The van der Waals surface area contributed by atoms with Gasteiger partial charge in [0.1, 0.15) is 6.61 Å². The van der Waals surface area contributed by atoms with Crippen LogP contribution in [0.4, 0.5) is 4.79 Å². The fourth-order valence-electron chi connectivity index (χ4n) is 4.50. The zero-order chi connectivity index (χ0) is 30.4. The molecule has 1 amide bonds. The highest BCUT2D eigenvalue weighted by Crippen LogP contribution is 2.44. The van der Waals surface area contributed by atoms with E-state index in [0.717, 1.165) is 0 Å². The van der Waals surface area contributed by atoms with E-state index in [1.54, 1.807) is 7.05 Å². The third-order valence-electron chi connectivity index (χ3n) is 6.71. The summed E-state index contributed by atoms with van der Waals surface area (Å²) < 4.78 is 43.7. The zero-order valence-electron chi connectivity index (χ0n) is 25.4. The van der Waals surface area contributed by atoms with Crippen molar-refractivity contribution in [2.75, 3.05) is 119 Å². The van der Waals surface area contributed by atoms with Crippen molar-refractivity contribution in [2.45, 2.75) is 5.92 Å². The minimum Gasteiger partial charge on any atom is -0.448 e. The van der Waals surface area contributed by atoms with Crippen molar-refractivity contribution in [2.24, 2.45) is 5.73 Å². The van der Waals surface area contributed by atoms with Gasteiger partial charge in [0.2, 0.25) is 0 Å². The maximum absolute atomic E-state index is 12.6. The second-order valence-corrected chi connectivity index (χ2v) is 9.80. The summed E-state index contributed by atoms with van der Waals surface area (Å²) in [5.74, 6) is 0.0452. The van der Waals surface area contributed by atoms with Crippen molar-refractivity contribution >= 4 is 6.09 Å². The van der Waals surface area contributed by atoms with Gasteiger partial charge in [0.15, 0.2) is 0 Å². The van der Waals surface area contributed by atoms with Gasteiger partial charge < -0.3 is 48.5 Å². The Labute approximate surface area is 255 Å². The Morgan fingerprint density at radius 1 is 0.605 bits per heavy atom. The molecule has 3 rings (SSSR count). The molecule has 2 aromatic carbocycles. The molecule has 0 aromatic heterocycles. The van der Waals surface area contributed by atoms with Gasteiger partial charge in [0, 0.05) is 26.1 Å². The zero-order valence-corrected chi connectivity index (χ0v) is 25.4. The van der Waals surface area contributed by atoms with Gasteiger partial charge >= 0.3 is 6.09 Å². The molecule has 0 spiro atoms. The summed E-state index contributed by atoms with van der Waals surface area (Å²) in [4.78, 5) is 14.1. The number of likely N-dealkylation sites (N-methyl/N-ethyl adjacent to an activating group) is 1. The van der Waals surface area contributed by atoms with Gasteiger partial charge in [-0.1, -0.05) is 48.5 Å². The molecule has 2 aromatic rings. The minimum atomic E-state index is -0.360. The van der Waals surface area contributed by atoms with Crippen molar-refractivity contribution in [3.05, 3.63) is 59.7 Å². The molecule has 1 aliphatic rings. The molecular formula is C32H48N2O9. The lowest BCUT2D eigenvalue weighted by atomic mass is 9.98. The molecular weight excluding hydrogens is 556 g/mol. The van der Waals surface area contributed by atoms with Crippen molar-refractivity contribution in [1.29, 1.82) is 0 Å². The number of amides is 1. The number of nitrogens with two attached hydrogens (primary N) is 1. The van der Waals surface area contributed by atoms with Crippen molar-refractivity contribution in [3.63, 3.8) is 0 Å². The smallest absolute Gasteiger partial charge is 0.409 e. The summed E-state index contributed by atoms with van der Waals surface area (Å²) in [5.41, 5.74) is 10.1. The fourth-order valence-corrected chi connectivity index (χ4v) is 4.50. The van der Waals surface area contributed by atoms with Gasteiger partial charge in [-0.15, -0.1) is 0 Å². The van der Waals surface area contributed by atoms with E-state index < -0.39 is 0 Å². The highest BCUT2D eigenvalue weighted by Gasteiger charge is 2.29. The van der Waals surface area contributed by atoms with E-state index in [0.29, 0.717) is 112 Å². The summed E-state index contributed by atoms with van der Waals surface area (Å²) in [6.07, 6.45) is -0.360. The van der Waals surface area contributed by atoms with Gasteiger partial charge in [0.05, 0.1) is 92.5 Å². The van der Waals surface area contributed by atoms with Crippen molar-refractivity contribution in [1.82, 2.24) is 4.90 Å². The number of hydrogen-bond donors (Lipinski definition) is 1. The summed E-state index contributed by atoms with van der Waals surface area (Å²) in [7, 11) is 1.71. The topological polar surface area (TPSA) is 120 Å². The van der Waals surface area contributed by atoms with Crippen LogP contribution in [0, 0.1) is 0 Å². The van der Waals surface area contributed by atoms with E-state index in [1.807, 2.05) is 24.3 Å². The largest absolute Gasteiger partial charge is 0.448 e. The molecule has 0 unspecified atom stereocenters. The first-order chi connectivity index (χ1) is 21.2. The minimum absolute atomic E-state index is 0.0452. The SMILES string of the molecule is CN(CCOCCOCCOCCOCCOCCOCCOCCN)C(=O)OCC1c2ccccc2-c2ccccc21. The van der Waals surface area contributed by atoms with Crippen LogP contribution in [0.5, 0.6) is 0 Å². The number of rotatable bonds is 25. The van der Waals surface area contributed by atoms with Crippen LogP contribution in [0.2, 0.25) is 0 Å². The third kappa shape index (κ3) is 13.3. The molecule has 1 aliphatic carbocycles. The molecule has 0 atom stereocenters. The van der Waals surface area contributed by atoms with Crippen LogP contribution in [0.15, 0.2) is 48.5 Å². The summed E-state index contributed by atoms with van der Waals surface area (Å²) >= 11 is 0. The highest BCUT2D eigenvalue weighted by molar-refractivity contribution is 5.79. The number of hydrogen-bond acceptors (Lipinski definition) is 10. The van der Waals surface area contributed by atoms with Crippen LogP contribution < -0.4 is 5.73 Å². The predicted octanol–water partition coefficient (Wildman–Crippen LogP) is 2.94. The number of carbonyl (C=O) groups is 1. The maximum atomic E-state index is 12.6. The number of ether oxygens (including phenoxy) is 8. The Bertz CT molecular complexity index is 980. The first-order valence-corrected chi connectivity index (χ1v) is 15.0. The average Bonchev–Trinajstić information content (AvgIpc) is 3.35. The normalized spacial score (nSPS) is 12.3. The van der Waals surface area contributed by atoms with E-state index in [-0.39, 0.29) is 12.0 Å². The Morgan fingerprint density at radius 3 is 1.40 bits per heavy atom. The molecule has 0 fully saturated rings. The fraction of sp³-hybridized carbons (Fsp3) is 0.594. The molecule has 0 bridgehead atoms. The standard InChI is InChI=1S/C32H48N2O9/c1-34(32(35)43-26-31-29-8-4-2-6-27(29)28-7-3-5-9-30(28)31)11-13-37-15-17-39-19-21-41-23-25-42-24-22-40-20-18-38-16-14-36-12-10-33/h2-9,31H,10-26,33H2,1H3. The lowest BCUT2D eigenvalue weighted by Gasteiger charge is -2.19. The Balaban J connectivity index is 1.08. The molecule has 2 N–H and O–H groups in total. The molecule has 11 heteroatoms. The Morgan fingerprint density at radius 2 is 0.977 bits per heavy atom. The number of nitrogens with zero attached hydrogens (tertiary/aromatic N) is 1. The van der Waals surface area contributed by atoms with Gasteiger partial charge in [-0.05, 0) is 22.3 Å². The number of carbonyl (C=O) groups excluding carboxylic acids is 1. The number of fused-ring (bicyclic) bond motifs is 3. The molecule has 0 saturated carbocycles. The quantitative estimate of drug-likeness (QED) is 0.169. The van der Waals surface area contributed by atoms with Gasteiger partial charge in [-0.25, -0.2) is 4.79 Å². The molecule has 0 saturated heterocycles. The molecule has 0 aliphatic heterocycles. The van der Waals surface area contributed by atoms with Gasteiger partial charge in [0.25, 0.3) is 0 Å². The van der Waals surface area contributed by atoms with Crippen molar-refractivity contribution in [3.8, 4) is 11.1 Å². The van der Waals surface area contributed by atoms with Crippen molar-refractivity contribution < 1.29 is 42.7 Å². The van der Waals surface area contributed by atoms with E-state index in [4.69, 9.17) is 43.6 Å². The lowest BCUT2D eigenvalue weighted by Crippen LogP contribution is -2.32. The maximum Gasteiger partial charge on any atom is 0.409 e. The monoisotopic (exact) mass is 604 g/mol. The van der Waals surface area contributed by atoms with E-state index in [2.05, 4.69) is 24.3 Å². The van der Waals surface area contributed by atoms with Gasteiger partial charge in [-0.2, -0.15) is 0 Å². The Kier molecular flexibility index (Phi) is 17.8. The second-order valence-electron chi connectivity index (χ2n) is 9.80. The Hall–Kier alpha value is -2.61. The van der Waals surface area contributed by atoms with E-state index in [1.165, 1.54) is 27.2 Å². The molecule has 240 valence electrons. The second kappa shape index (κ2) is 22.0. The lowest BCUT2D eigenvalue weighted by molar-refractivity contribution is -0.0206. The van der Waals surface area contributed by atoms with E-state index >= 15 is 0 Å². The van der Waals surface area contributed by atoms with E-state index in [9.17, 15) is 4.79 Å². The van der Waals surface area contributed by atoms with Crippen LogP contribution >= 0.6 is 0 Å². The molecule has 43 heavy (non-hydrogen) atoms. The first kappa shape index (κ1) is 34.9.